The quantitative estimate of drug-likeness (QED) is 0.657. The summed E-state index contributed by atoms with van der Waals surface area (Å²) in [6.45, 7) is 1.65. The topological polar surface area (TPSA) is 66.7 Å². The van der Waals surface area contributed by atoms with Crippen molar-refractivity contribution >= 4 is 11.0 Å². The predicted octanol–water partition coefficient (Wildman–Crippen LogP) is 0.727. The van der Waals surface area contributed by atoms with Gasteiger partial charge in [-0.15, -0.1) is 0 Å². The molecule has 0 aliphatic heterocycles. The van der Waals surface area contributed by atoms with Crippen molar-refractivity contribution < 1.29 is 0 Å². The smallest absolute Gasteiger partial charge is 0.0931 e. The highest BCUT2D eigenvalue weighted by atomic mass is 14.9. The van der Waals surface area contributed by atoms with E-state index in [1.807, 2.05) is 31.3 Å². The minimum atomic E-state index is 0.733. The first kappa shape index (κ1) is 10.7. The van der Waals surface area contributed by atoms with E-state index in [-0.39, 0.29) is 0 Å². The van der Waals surface area contributed by atoms with Crippen molar-refractivity contribution in [3.63, 3.8) is 0 Å². The lowest BCUT2D eigenvalue weighted by atomic mass is 10.3. The standard InChI is InChI=1S/C7H6N2.C3H10N2/c1-2-4-7-6(3-1)8-5-9-7;1-5-3-2-4/h1-5H,(H,8,9);5H,2-4H2,1H3. The first-order chi connectivity index (χ1) is 6.88. The summed E-state index contributed by atoms with van der Waals surface area (Å²) in [5.74, 6) is 0. The zero-order valence-corrected chi connectivity index (χ0v) is 8.33. The molecule has 0 atom stereocenters. The molecule has 1 aromatic carbocycles. The van der Waals surface area contributed by atoms with Crippen LogP contribution in [-0.2, 0) is 0 Å². The van der Waals surface area contributed by atoms with Crippen molar-refractivity contribution in [3.05, 3.63) is 30.6 Å². The van der Waals surface area contributed by atoms with Crippen LogP contribution in [-0.4, -0.2) is 30.1 Å². The number of aromatic nitrogens is 2. The van der Waals surface area contributed by atoms with Crippen LogP contribution >= 0.6 is 0 Å². The summed E-state index contributed by atoms with van der Waals surface area (Å²) in [5.41, 5.74) is 7.20. The summed E-state index contributed by atoms with van der Waals surface area (Å²) in [7, 11) is 1.88. The van der Waals surface area contributed by atoms with E-state index in [0.29, 0.717) is 0 Å². The van der Waals surface area contributed by atoms with Gasteiger partial charge in [-0.3, -0.25) is 0 Å². The maximum Gasteiger partial charge on any atom is 0.0931 e. The van der Waals surface area contributed by atoms with Crippen molar-refractivity contribution in [3.8, 4) is 0 Å². The molecule has 0 radical (unpaired) electrons. The van der Waals surface area contributed by atoms with Gasteiger partial charge in [0.05, 0.1) is 17.4 Å². The Hall–Kier alpha value is -1.39. The van der Waals surface area contributed by atoms with Gasteiger partial charge in [-0.2, -0.15) is 0 Å². The Bertz CT molecular complexity index is 323. The van der Waals surface area contributed by atoms with Crippen LogP contribution in [0.2, 0.25) is 0 Å². The van der Waals surface area contributed by atoms with Crippen LogP contribution in [0.3, 0.4) is 0 Å². The molecule has 14 heavy (non-hydrogen) atoms. The van der Waals surface area contributed by atoms with Crippen molar-refractivity contribution in [1.82, 2.24) is 15.3 Å². The molecular weight excluding hydrogens is 176 g/mol. The average molecular weight is 192 g/mol. The SMILES string of the molecule is CNCCN.c1ccc2[nH]cnc2c1. The third-order valence-electron chi connectivity index (χ3n) is 1.72. The second-order valence-corrected chi connectivity index (χ2v) is 2.81. The predicted molar refractivity (Wildman–Crippen MR) is 59.1 cm³/mol. The van der Waals surface area contributed by atoms with Gasteiger partial charge in [-0.25, -0.2) is 4.98 Å². The van der Waals surface area contributed by atoms with E-state index < -0.39 is 0 Å². The molecule has 1 heterocycles. The largest absolute Gasteiger partial charge is 0.345 e. The fourth-order valence-electron chi connectivity index (χ4n) is 1.02. The van der Waals surface area contributed by atoms with Crippen LogP contribution in [0.25, 0.3) is 11.0 Å². The highest BCUT2D eigenvalue weighted by Gasteiger charge is 1.88. The van der Waals surface area contributed by atoms with Crippen molar-refractivity contribution in [2.45, 2.75) is 0 Å². The normalized spacial score (nSPS) is 9.57. The molecular formula is C10H16N4. The molecule has 1 aromatic heterocycles. The Morgan fingerprint density at radius 2 is 2.21 bits per heavy atom. The van der Waals surface area contributed by atoms with Gasteiger partial charge in [-0.05, 0) is 19.2 Å². The van der Waals surface area contributed by atoms with E-state index in [9.17, 15) is 0 Å². The second kappa shape index (κ2) is 6.12. The zero-order chi connectivity index (χ0) is 10.2. The van der Waals surface area contributed by atoms with Crippen LogP contribution in [0, 0.1) is 0 Å². The van der Waals surface area contributed by atoms with Gasteiger partial charge in [0.25, 0.3) is 0 Å². The minimum Gasteiger partial charge on any atom is -0.345 e. The number of para-hydroxylation sites is 2. The number of H-pyrrole nitrogens is 1. The van der Waals surface area contributed by atoms with Crippen molar-refractivity contribution in [2.24, 2.45) is 5.73 Å². The van der Waals surface area contributed by atoms with Crippen molar-refractivity contribution in [2.75, 3.05) is 20.1 Å². The molecule has 0 aliphatic carbocycles. The lowest BCUT2D eigenvalue weighted by molar-refractivity contribution is 0.802. The lowest BCUT2D eigenvalue weighted by Gasteiger charge is -1.85. The fourth-order valence-corrected chi connectivity index (χ4v) is 1.02. The number of nitrogens with one attached hydrogen (secondary N) is 2. The maximum atomic E-state index is 5.08. The summed E-state index contributed by atoms with van der Waals surface area (Å²) in [5, 5.41) is 2.89. The number of rotatable bonds is 2. The summed E-state index contributed by atoms with van der Waals surface area (Å²) >= 11 is 0. The Morgan fingerprint density at radius 3 is 2.79 bits per heavy atom. The molecule has 4 heteroatoms. The Kier molecular flexibility index (Phi) is 4.68. The van der Waals surface area contributed by atoms with Crippen LogP contribution in [0.5, 0.6) is 0 Å². The fraction of sp³-hybridized carbons (Fsp3) is 0.300. The van der Waals surface area contributed by atoms with E-state index in [0.717, 1.165) is 24.1 Å². The number of fused-ring (bicyclic) bond motifs is 1. The molecule has 2 aromatic rings. The number of benzene rings is 1. The molecule has 4 N–H and O–H groups in total. The highest BCUT2D eigenvalue weighted by Crippen LogP contribution is 2.05. The summed E-state index contributed by atoms with van der Waals surface area (Å²) in [6.07, 6.45) is 1.70. The average Bonchev–Trinajstić information content (AvgIpc) is 2.67. The van der Waals surface area contributed by atoms with Gasteiger partial charge in [0.2, 0.25) is 0 Å². The molecule has 0 spiro atoms. The van der Waals surface area contributed by atoms with Crippen LogP contribution in [0.4, 0.5) is 0 Å². The summed E-state index contributed by atoms with van der Waals surface area (Å²) < 4.78 is 0. The van der Waals surface area contributed by atoms with E-state index in [4.69, 9.17) is 5.73 Å². The third-order valence-corrected chi connectivity index (χ3v) is 1.72. The van der Waals surface area contributed by atoms with Gasteiger partial charge in [0, 0.05) is 13.1 Å². The van der Waals surface area contributed by atoms with Crippen LogP contribution < -0.4 is 11.1 Å². The van der Waals surface area contributed by atoms with E-state index in [2.05, 4.69) is 15.3 Å². The Labute approximate surface area is 83.5 Å². The van der Waals surface area contributed by atoms with Gasteiger partial charge in [0.15, 0.2) is 0 Å². The molecule has 0 bridgehead atoms. The zero-order valence-electron chi connectivity index (χ0n) is 8.33. The van der Waals surface area contributed by atoms with Gasteiger partial charge in [-0.1, -0.05) is 12.1 Å². The second-order valence-electron chi connectivity index (χ2n) is 2.81. The van der Waals surface area contributed by atoms with Crippen molar-refractivity contribution in [1.29, 1.82) is 0 Å². The lowest BCUT2D eigenvalue weighted by Crippen LogP contribution is -2.17. The molecule has 0 aliphatic rings. The third kappa shape index (κ3) is 3.16. The summed E-state index contributed by atoms with van der Waals surface area (Å²) in [6, 6.07) is 7.94. The number of likely N-dealkylation sites (N-methyl/N-ethyl adjacent to an activating group) is 1. The summed E-state index contributed by atoms with van der Waals surface area (Å²) in [4.78, 5) is 7.07. The van der Waals surface area contributed by atoms with E-state index >= 15 is 0 Å². The van der Waals surface area contributed by atoms with E-state index in [1.165, 1.54) is 0 Å². The number of hydrogen-bond donors (Lipinski definition) is 3. The Morgan fingerprint density at radius 1 is 1.43 bits per heavy atom. The molecule has 0 saturated heterocycles. The van der Waals surface area contributed by atoms with Gasteiger partial charge < -0.3 is 16.0 Å². The Balaban J connectivity index is 0.000000171. The molecule has 4 nitrogen and oxygen atoms in total. The number of aromatic amines is 1. The minimum absolute atomic E-state index is 0.733. The van der Waals surface area contributed by atoms with Gasteiger partial charge in [0.1, 0.15) is 0 Å². The van der Waals surface area contributed by atoms with Crippen LogP contribution in [0.1, 0.15) is 0 Å². The number of hydrogen-bond acceptors (Lipinski definition) is 3. The highest BCUT2D eigenvalue weighted by molar-refractivity contribution is 5.73. The molecule has 0 fully saturated rings. The number of nitrogens with two attached hydrogens (primary N) is 1. The molecule has 76 valence electrons. The van der Waals surface area contributed by atoms with Gasteiger partial charge >= 0.3 is 0 Å². The van der Waals surface area contributed by atoms with E-state index in [1.54, 1.807) is 6.33 Å². The maximum absolute atomic E-state index is 5.08. The molecule has 0 unspecified atom stereocenters. The molecule has 2 rings (SSSR count). The number of nitrogens with zero attached hydrogens (tertiary/aromatic N) is 1. The first-order valence-corrected chi connectivity index (χ1v) is 4.61. The molecule has 0 amide bonds. The molecule has 0 saturated carbocycles. The monoisotopic (exact) mass is 192 g/mol. The number of imidazole rings is 1. The first-order valence-electron chi connectivity index (χ1n) is 4.61. The van der Waals surface area contributed by atoms with Crippen LogP contribution in [0.15, 0.2) is 30.6 Å².